The number of aromatic nitrogens is 2. The Kier molecular flexibility index (Phi) is 6.11. The van der Waals surface area contributed by atoms with E-state index in [1.54, 1.807) is 56.8 Å². The van der Waals surface area contributed by atoms with Gasteiger partial charge in [-0.15, -0.1) is 0 Å². The summed E-state index contributed by atoms with van der Waals surface area (Å²) in [7, 11) is 3.08. The quantitative estimate of drug-likeness (QED) is 0.645. The number of ether oxygens (including phenoxy) is 3. The third-order valence-electron chi connectivity index (χ3n) is 3.96. The summed E-state index contributed by atoms with van der Waals surface area (Å²) in [6.07, 6.45) is 1.63. The lowest BCUT2D eigenvalue weighted by molar-refractivity contribution is 0.0943. The molecule has 0 saturated carbocycles. The molecule has 0 unspecified atom stereocenters. The number of carbonyl (C=O) groups excluding carboxylic acids is 1. The van der Waals surface area contributed by atoms with Gasteiger partial charge in [-0.2, -0.15) is 5.10 Å². The molecule has 8 heteroatoms. The molecule has 0 fully saturated rings. The van der Waals surface area contributed by atoms with E-state index in [0.717, 1.165) is 5.56 Å². The number of amides is 1. The summed E-state index contributed by atoms with van der Waals surface area (Å²) < 4.78 is 30.7. The zero-order chi connectivity index (χ0) is 19.9. The molecule has 0 saturated heterocycles. The summed E-state index contributed by atoms with van der Waals surface area (Å²) in [5.41, 5.74) is 1.04. The van der Waals surface area contributed by atoms with Crippen LogP contribution in [0.2, 0.25) is 0 Å². The third kappa shape index (κ3) is 4.59. The van der Waals surface area contributed by atoms with E-state index in [0.29, 0.717) is 17.2 Å². The highest BCUT2D eigenvalue weighted by atomic mass is 19.1. The first-order chi connectivity index (χ1) is 13.6. The van der Waals surface area contributed by atoms with Gasteiger partial charge in [-0.3, -0.25) is 4.79 Å². The van der Waals surface area contributed by atoms with Crippen LogP contribution in [0.1, 0.15) is 16.1 Å². The molecular formula is C20H20FN3O4. The average molecular weight is 385 g/mol. The van der Waals surface area contributed by atoms with Gasteiger partial charge in [0.2, 0.25) is 5.75 Å². The number of nitrogens with zero attached hydrogens (tertiary/aromatic N) is 2. The van der Waals surface area contributed by atoms with Crippen molar-refractivity contribution in [2.24, 2.45) is 0 Å². The minimum atomic E-state index is -0.335. The summed E-state index contributed by atoms with van der Waals surface area (Å²) in [5, 5.41) is 6.94. The number of para-hydroxylation sites is 1. The van der Waals surface area contributed by atoms with E-state index in [1.165, 1.54) is 16.8 Å². The lowest BCUT2D eigenvalue weighted by Crippen LogP contribution is -2.23. The van der Waals surface area contributed by atoms with Crippen molar-refractivity contribution in [3.63, 3.8) is 0 Å². The van der Waals surface area contributed by atoms with Crippen molar-refractivity contribution in [3.8, 4) is 17.2 Å². The van der Waals surface area contributed by atoms with E-state index < -0.39 is 0 Å². The van der Waals surface area contributed by atoms with E-state index in [4.69, 9.17) is 14.2 Å². The number of hydrogen-bond donors (Lipinski definition) is 1. The highest BCUT2D eigenvalue weighted by Crippen LogP contribution is 2.36. The van der Waals surface area contributed by atoms with Gasteiger partial charge in [0.1, 0.15) is 11.5 Å². The van der Waals surface area contributed by atoms with E-state index in [2.05, 4.69) is 10.4 Å². The zero-order valence-corrected chi connectivity index (χ0v) is 15.5. The number of rotatable bonds is 8. The van der Waals surface area contributed by atoms with Gasteiger partial charge in [0.05, 0.1) is 14.2 Å². The van der Waals surface area contributed by atoms with Crippen LogP contribution in [0, 0.1) is 5.82 Å². The summed E-state index contributed by atoms with van der Waals surface area (Å²) in [4.78, 5) is 12.2. The van der Waals surface area contributed by atoms with Gasteiger partial charge in [0.25, 0.3) is 5.91 Å². The van der Waals surface area contributed by atoms with E-state index in [1.807, 2.05) is 0 Å². The van der Waals surface area contributed by atoms with Gasteiger partial charge < -0.3 is 19.5 Å². The van der Waals surface area contributed by atoms with Crippen molar-refractivity contribution in [2.45, 2.75) is 13.3 Å². The fourth-order valence-electron chi connectivity index (χ4n) is 2.52. The first-order valence-electron chi connectivity index (χ1n) is 8.50. The predicted molar refractivity (Wildman–Crippen MR) is 100.0 cm³/mol. The first-order valence-corrected chi connectivity index (χ1v) is 8.50. The first kappa shape index (κ1) is 19.2. The average Bonchev–Trinajstić information content (AvgIpc) is 3.20. The minimum Gasteiger partial charge on any atom is -0.493 e. The second-order valence-corrected chi connectivity index (χ2v) is 5.81. The van der Waals surface area contributed by atoms with Crippen molar-refractivity contribution in [1.29, 1.82) is 0 Å². The van der Waals surface area contributed by atoms with Crippen LogP contribution in [-0.2, 0) is 13.3 Å². The van der Waals surface area contributed by atoms with Gasteiger partial charge in [-0.25, -0.2) is 9.07 Å². The van der Waals surface area contributed by atoms with Crippen LogP contribution in [-0.4, -0.2) is 29.9 Å². The van der Waals surface area contributed by atoms with Crippen LogP contribution in [0.5, 0.6) is 17.2 Å². The van der Waals surface area contributed by atoms with Crippen molar-refractivity contribution >= 4 is 5.91 Å². The molecule has 0 aliphatic heterocycles. The van der Waals surface area contributed by atoms with Gasteiger partial charge in [-0.1, -0.05) is 18.2 Å². The fourth-order valence-corrected chi connectivity index (χ4v) is 2.52. The molecule has 28 heavy (non-hydrogen) atoms. The Labute approximate surface area is 161 Å². The minimum absolute atomic E-state index is 0.0714. The Bertz CT molecular complexity index is 919. The number of benzene rings is 2. The number of hydrogen-bond acceptors (Lipinski definition) is 5. The molecule has 1 N–H and O–H groups in total. The van der Waals surface area contributed by atoms with Crippen molar-refractivity contribution in [3.05, 3.63) is 71.8 Å². The Morgan fingerprint density at radius 2 is 1.75 bits per heavy atom. The number of methoxy groups -OCH3 is 2. The summed E-state index contributed by atoms with van der Waals surface area (Å²) in [5.74, 6) is 0.858. The van der Waals surface area contributed by atoms with E-state index >= 15 is 0 Å². The van der Waals surface area contributed by atoms with Gasteiger partial charge in [0.15, 0.2) is 18.2 Å². The summed E-state index contributed by atoms with van der Waals surface area (Å²) in [6.45, 7) is 0.350. The molecule has 3 rings (SSSR count). The molecule has 7 nitrogen and oxygen atoms in total. The molecular weight excluding hydrogens is 365 g/mol. The van der Waals surface area contributed by atoms with Crippen molar-refractivity contribution in [2.75, 3.05) is 14.2 Å². The largest absolute Gasteiger partial charge is 0.493 e. The predicted octanol–water partition coefficient (Wildman–Crippen LogP) is 3.01. The highest BCUT2D eigenvalue weighted by molar-refractivity contribution is 5.92. The smallest absolute Gasteiger partial charge is 0.272 e. The lowest BCUT2D eigenvalue weighted by Gasteiger charge is -2.13. The third-order valence-corrected chi connectivity index (χ3v) is 3.96. The maximum Gasteiger partial charge on any atom is 0.272 e. The molecule has 0 radical (unpaired) electrons. The van der Waals surface area contributed by atoms with Gasteiger partial charge in [0, 0.05) is 12.7 Å². The monoisotopic (exact) mass is 385 g/mol. The SMILES string of the molecule is COc1cccc(OC)c1OCn1ccc(C(=O)NCc2ccc(F)cc2)n1. The van der Waals surface area contributed by atoms with Crippen LogP contribution in [0.3, 0.4) is 0 Å². The van der Waals surface area contributed by atoms with Gasteiger partial charge >= 0.3 is 0 Å². The molecule has 3 aromatic rings. The molecule has 1 heterocycles. The molecule has 0 bridgehead atoms. The van der Waals surface area contributed by atoms with Crippen LogP contribution in [0.25, 0.3) is 0 Å². The standard InChI is InChI=1S/C20H20FN3O4/c1-26-17-4-3-5-18(27-2)19(17)28-13-24-11-10-16(23-24)20(25)22-12-14-6-8-15(21)9-7-14/h3-11H,12-13H2,1-2H3,(H,22,25). The van der Waals surface area contributed by atoms with Crippen LogP contribution >= 0.6 is 0 Å². The van der Waals surface area contributed by atoms with E-state index in [9.17, 15) is 9.18 Å². The molecule has 0 aliphatic carbocycles. The van der Waals surface area contributed by atoms with Crippen molar-refractivity contribution in [1.82, 2.24) is 15.1 Å². The fraction of sp³-hybridized carbons (Fsp3) is 0.200. The normalized spacial score (nSPS) is 10.4. The van der Waals surface area contributed by atoms with Crippen molar-refractivity contribution < 1.29 is 23.4 Å². The van der Waals surface area contributed by atoms with Crippen LogP contribution in [0.15, 0.2) is 54.7 Å². The number of halogens is 1. The highest BCUT2D eigenvalue weighted by Gasteiger charge is 2.13. The molecule has 2 aromatic carbocycles. The van der Waals surface area contributed by atoms with Crippen LogP contribution in [0.4, 0.5) is 4.39 Å². The Hall–Kier alpha value is -3.55. The molecule has 0 spiro atoms. The Morgan fingerprint density at radius 3 is 2.39 bits per heavy atom. The summed E-state index contributed by atoms with van der Waals surface area (Å²) in [6, 6.07) is 12.8. The maximum absolute atomic E-state index is 12.9. The number of carbonyl (C=O) groups is 1. The molecule has 1 aromatic heterocycles. The summed E-state index contributed by atoms with van der Waals surface area (Å²) >= 11 is 0. The van der Waals surface area contributed by atoms with Gasteiger partial charge in [-0.05, 0) is 35.9 Å². The second-order valence-electron chi connectivity index (χ2n) is 5.81. The topological polar surface area (TPSA) is 74.6 Å². The number of nitrogens with one attached hydrogen (secondary N) is 1. The molecule has 0 atom stereocenters. The van der Waals surface area contributed by atoms with E-state index in [-0.39, 0.29) is 30.7 Å². The molecule has 1 amide bonds. The Balaban J connectivity index is 1.60. The zero-order valence-electron chi connectivity index (χ0n) is 15.5. The van der Waals surface area contributed by atoms with Crippen LogP contribution < -0.4 is 19.5 Å². The second kappa shape index (κ2) is 8.90. The Morgan fingerprint density at radius 1 is 1.07 bits per heavy atom. The molecule has 0 aliphatic rings. The maximum atomic E-state index is 12.9. The molecule has 146 valence electrons. The lowest BCUT2D eigenvalue weighted by atomic mass is 10.2.